The molecule has 0 amide bonds. The van der Waals surface area contributed by atoms with Gasteiger partial charge in [0.15, 0.2) is 0 Å². The molecule has 2 heterocycles. The lowest BCUT2D eigenvalue weighted by Gasteiger charge is -2.43. The largest absolute Gasteiger partial charge is 0.394 e. The SMILES string of the molecule is CO[C@@]12CC[C@@H](OCCO)C[C@@H]1N(Cc1cn[nH]c1-c1ccccc1)CC2. The molecule has 146 valence electrons. The Bertz CT molecular complexity index is 735. The Morgan fingerprint density at radius 3 is 2.93 bits per heavy atom. The van der Waals surface area contributed by atoms with Crippen LogP contribution in [0.25, 0.3) is 11.3 Å². The minimum Gasteiger partial charge on any atom is -0.394 e. The number of nitrogens with zero attached hydrogens (tertiary/aromatic N) is 2. The van der Waals surface area contributed by atoms with E-state index >= 15 is 0 Å². The van der Waals surface area contributed by atoms with Crippen molar-refractivity contribution in [3.05, 3.63) is 42.1 Å². The van der Waals surface area contributed by atoms with E-state index in [-0.39, 0.29) is 18.3 Å². The number of hydrogen-bond donors (Lipinski definition) is 2. The van der Waals surface area contributed by atoms with Crippen LogP contribution in [-0.4, -0.2) is 64.8 Å². The molecule has 1 aromatic heterocycles. The summed E-state index contributed by atoms with van der Waals surface area (Å²) in [5, 5.41) is 16.5. The summed E-state index contributed by atoms with van der Waals surface area (Å²) in [5.41, 5.74) is 3.39. The van der Waals surface area contributed by atoms with Gasteiger partial charge in [0, 0.05) is 31.8 Å². The number of likely N-dealkylation sites (tertiary alicyclic amines) is 1. The van der Waals surface area contributed by atoms with E-state index in [2.05, 4.69) is 39.4 Å². The lowest BCUT2D eigenvalue weighted by molar-refractivity contribution is -0.104. The fourth-order valence-corrected chi connectivity index (χ4v) is 4.82. The van der Waals surface area contributed by atoms with Gasteiger partial charge in [0.05, 0.1) is 36.8 Å². The molecule has 1 aromatic carbocycles. The quantitative estimate of drug-likeness (QED) is 0.783. The molecule has 1 aliphatic heterocycles. The highest BCUT2D eigenvalue weighted by atomic mass is 16.5. The number of aromatic amines is 1. The van der Waals surface area contributed by atoms with Crippen molar-refractivity contribution >= 4 is 0 Å². The Hall–Kier alpha value is -1.73. The Balaban J connectivity index is 1.52. The van der Waals surface area contributed by atoms with Gasteiger partial charge in [0.1, 0.15) is 0 Å². The van der Waals surface area contributed by atoms with Crippen molar-refractivity contribution in [3.8, 4) is 11.3 Å². The molecule has 3 atom stereocenters. The van der Waals surface area contributed by atoms with Crippen molar-refractivity contribution in [1.29, 1.82) is 0 Å². The molecule has 2 N–H and O–H groups in total. The minimum absolute atomic E-state index is 0.0737. The third-order valence-electron chi connectivity index (χ3n) is 6.25. The van der Waals surface area contributed by atoms with Gasteiger partial charge in [0.25, 0.3) is 0 Å². The monoisotopic (exact) mass is 371 g/mol. The predicted molar refractivity (Wildman–Crippen MR) is 103 cm³/mol. The van der Waals surface area contributed by atoms with Gasteiger partial charge in [-0.25, -0.2) is 0 Å². The van der Waals surface area contributed by atoms with Crippen LogP contribution in [0.1, 0.15) is 31.2 Å². The molecule has 4 rings (SSSR count). The maximum atomic E-state index is 9.07. The predicted octanol–water partition coefficient (Wildman–Crippen LogP) is 2.60. The van der Waals surface area contributed by atoms with Gasteiger partial charge in [-0.1, -0.05) is 30.3 Å². The Morgan fingerprint density at radius 1 is 1.30 bits per heavy atom. The van der Waals surface area contributed by atoms with Crippen LogP contribution < -0.4 is 0 Å². The van der Waals surface area contributed by atoms with E-state index in [0.29, 0.717) is 12.6 Å². The number of aliphatic hydroxyl groups is 1. The van der Waals surface area contributed by atoms with Crippen LogP contribution in [0.2, 0.25) is 0 Å². The van der Waals surface area contributed by atoms with Crippen LogP contribution in [-0.2, 0) is 16.0 Å². The number of methoxy groups -OCH3 is 1. The first-order valence-corrected chi connectivity index (χ1v) is 9.85. The molecule has 1 aliphatic carbocycles. The molecule has 6 heteroatoms. The highest BCUT2D eigenvalue weighted by Crippen LogP contribution is 2.44. The highest BCUT2D eigenvalue weighted by molar-refractivity contribution is 5.62. The van der Waals surface area contributed by atoms with E-state index in [1.165, 1.54) is 5.56 Å². The van der Waals surface area contributed by atoms with E-state index in [1.807, 2.05) is 19.4 Å². The normalized spacial score (nSPS) is 28.4. The standard InChI is InChI=1S/C21H29N3O3/c1-26-21-8-7-18(27-12-11-25)13-19(21)24(10-9-21)15-17-14-22-23-20(17)16-5-3-2-4-6-16/h2-6,14,18-19,25H,7-13,15H2,1H3,(H,22,23)/t18-,19+,21-/m1/s1. The fraction of sp³-hybridized carbons (Fsp3) is 0.571. The summed E-state index contributed by atoms with van der Waals surface area (Å²) in [5.74, 6) is 0. The van der Waals surface area contributed by atoms with Crippen molar-refractivity contribution in [2.75, 3.05) is 26.9 Å². The number of rotatable bonds is 7. The van der Waals surface area contributed by atoms with Crippen LogP contribution >= 0.6 is 0 Å². The van der Waals surface area contributed by atoms with Crippen molar-refractivity contribution in [3.63, 3.8) is 0 Å². The topological polar surface area (TPSA) is 70.6 Å². The summed E-state index contributed by atoms with van der Waals surface area (Å²) in [7, 11) is 1.85. The number of benzene rings is 1. The zero-order valence-electron chi connectivity index (χ0n) is 15.9. The van der Waals surface area contributed by atoms with Crippen LogP contribution in [0.5, 0.6) is 0 Å². The molecule has 1 saturated carbocycles. The van der Waals surface area contributed by atoms with Gasteiger partial charge < -0.3 is 14.6 Å². The first-order valence-electron chi connectivity index (χ1n) is 9.85. The number of hydrogen-bond acceptors (Lipinski definition) is 5. The third-order valence-corrected chi connectivity index (χ3v) is 6.25. The van der Waals surface area contributed by atoms with Crippen LogP contribution in [0.4, 0.5) is 0 Å². The van der Waals surface area contributed by atoms with Gasteiger partial charge >= 0.3 is 0 Å². The first kappa shape index (κ1) is 18.6. The zero-order valence-corrected chi connectivity index (χ0v) is 15.9. The van der Waals surface area contributed by atoms with E-state index in [1.54, 1.807) is 0 Å². The van der Waals surface area contributed by atoms with Gasteiger partial charge in [-0.15, -0.1) is 0 Å². The van der Waals surface area contributed by atoms with E-state index in [0.717, 1.165) is 50.0 Å². The minimum atomic E-state index is -0.0737. The summed E-state index contributed by atoms with van der Waals surface area (Å²) in [6, 6.07) is 10.7. The number of fused-ring (bicyclic) bond motifs is 1. The molecule has 27 heavy (non-hydrogen) atoms. The number of nitrogens with one attached hydrogen (secondary N) is 1. The van der Waals surface area contributed by atoms with E-state index in [4.69, 9.17) is 14.6 Å². The van der Waals surface area contributed by atoms with Gasteiger partial charge in [-0.05, 0) is 31.2 Å². The first-order chi connectivity index (χ1) is 13.3. The number of aliphatic hydroxyl groups excluding tert-OH is 1. The molecule has 0 unspecified atom stereocenters. The number of ether oxygens (including phenoxy) is 2. The van der Waals surface area contributed by atoms with Gasteiger partial charge in [-0.2, -0.15) is 5.10 Å². The van der Waals surface area contributed by atoms with Gasteiger partial charge in [0.2, 0.25) is 0 Å². The second kappa shape index (κ2) is 8.10. The van der Waals surface area contributed by atoms with E-state index < -0.39 is 0 Å². The summed E-state index contributed by atoms with van der Waals surface area (Å²) >= 11 is 0. The molecule has 2 fully saturated rings. The summed E-state index contributed by atoms with van der Waals surface area (Å²) in [4.78, 5) is 2.52. The molecule has 1 saturated heterocycles. The van der Waals surface area contributed by atoms with Crippen molar-refractivity contribution < 1.29 is 14.6 Å². The molecular weight excluding hydrogens is 342 g/mol. The lowest BCUT2D eigenvalue weighted by Crippen LogP contribution is -2.51. The molecule has 0 radical (unpaired) electrons. The summed E-state index contributed by atoms with van der Waals surface area (Å²) in [6.45, 7) is 2.36. The molecular formula is C21H29N3O3. The summed E-state index contributed by atoms with van der Waals surface area (Å²) < 4.78 is 11.9. The lowest BCUT2D eigenvalue weighted by atomic mass is 9.79. The van der Waals surface area contributed by atoms with Crippen molar-refractivity contribution in [1.82, 2.24) is 15.1 Å². The van der Waals surface area contributed by atoms with Crippen LogP contribution in [0.3, 0.4) is 0 Å². The summed E-state index contributed by atoms with van der Waals surface area (Å²) in [6.07, 6.45) is 6.16. The maximum Gasteiger partial charge on any atom is 0.0847 e. The fourth-order valence-electron chi connectivity index (χ4n) is 4.82. The molecule has 0 spiro atoms. The van der Waals surface area contributed by atoms with Crippen LogP contribution in [0.15, 0.2) is 36.5 Å². The Morgan fingerprint density at radius 2 is 2.15 bits per heavy atom. The number of aromatic nitrogens is 2. The zero-order chi connectivity index (χ0) is 18.7. The second-order valence-corrected chi connectivity index (χ2v) is 7.63. The second-order valence-electron chi connectivity index (χ2n) is 7.63. The molecule has 2 aliphatic rings. The van der Waals surface area contributed by atoms with Crippen LogP contribution in [0, 0.1) is 0 Å². The molecule has 6 nitrogen and oxygen atoms in total. The highest BCUT2D eigenvalue weighted by Gasteiger charge is 2.51. The van der Waals surface area contributed by atoms with Crippen molar-refractivity contribution in [2.24, 2.45) is 0 Å². The molecule has 2 aromatic rings. The third kappa shape index (κ3) is 3.67. The van der Waals surface area contributed by atoms with E-state index in [9.17, 15) is 0 Å². The molecule has 0 bridgehead atoms. The van der Waals surface area contributed by atoms with Gasteiger partial charge in [-0.3, -0.25) is 10.00 Å². The average Bonchev–Trinajstić information content (AvgIpc) is 3.32. The Labute approximate surface area is 160 Å². The smallest absolute Gasteiger partial charge is 0.0847 e. The van der Waals surface area contributed by atoms with Crippen molar-refractivity contribution in [2.45, 2.75) is 50.0 Å². The Kier molecular flexibility index (Phi) is 5.59. The average molecular weight is 371 g/mol. The number of H-pyrrole nitrogens is 1. The maximum absolute atomic E-state index is 9.07.